The molecule has 0 spiro atoms. The van der Waals surface area contributed by atoms with Gasteiger partial charge in [0.15, 0.2) is 11.3 Å². The van der Waals surface area contributed by atoms with Crippen LogP contribution in [0.3, 0.4) is 0 Å². The molecule has 0 radical (unpaired) electrons. The number of phenolic OH excluding ortho intramolecular Hbond substituents is 1. The van der Waals surface area contributed by atoms with Gasteiger partial charge in [0.25, 0.3) is 0 Å². The second-order valence-corrected chi connectivity index (χ2v) is 2.90. The molecule has 66 valence electrons. The Hall–Kier alpha value is -1.77. The quantitative estimate of drug-likeness (QED) is 0.623. The molecule has 3 heteroatoms. The second kappa shape index (κ2) is 2.62. The van der Waals surface area contributed by atoms with Gasteiger partial charge in [-0.25, -0.2) is 4.79 Å². The van der Waals surface area contributed by atoms with Gasteiger partial charge in [0.05, 0.1) is 0 Å². The van der Waals surface area contributed by atoms with Crippen LogP contribution in [0.1, 0.15) is 5.56 Å². The van der Waals surface area contributed by atoms with Gasteiger partial charge in [-0.2, -0.15) is 0 Å². The molecular weight excluding hydrogens is 168 g/mol. The van der Waals surface area contributed by atoms with Gasteiger partial charge in [-0.15, -0.1) is 0 Å². The molecule has 3 nitrogen and oxygen atoms in total. The molecule has 0 atom stereocenters. The summed E-state index contributed by atoms with van der Waals surface area (Å²) in [7, 11) is 0. The van der Waals surface area contributed by atoms with Crippen molar-refractivity contribution in [2.45, 2.75) is 6.92 Å². The highest BCUT2D eigenvalue weighted by atomic mass is 16.4. The third kappa shape index (κ3) is 1.18. The van der Waals surface area contributed by atoms with E-state index in [9.17, 15) is 9.90 Å². The van der Waals surface area contributed by atoms with E-state index >= 15 is 0 Å². The first-order valence-electron chi connectivity index (χ1n) is 3.91. The molecular formula is C10H8O3. The number of rotatable bonds is 0. The largest absolute Gasteiger partial charge is 0.504 e. The highest BCUT2D eigenvalue weighted by molar-refractivity contribution is 5.83. The first kappa shape index (κ1) is 7.86. The summed E-state index contributed by atoms with van der Waals surface area (Å²) in [6, 6.07) is 6.53. The van der Waals surface area contributed by atoms with E-state index < -0.39 is 5.63 Å². The van der Waals surface area contributed by atoms with E-state index in [-0.39, 0.29) is 11.3 Å². The molecule has 0 aliphatic heterocycles. The molecule has 2 rings (SSSR count). The van der Waals surface area contributed by atoms with Crippen molar-refractivity contribution in [2.75, 3.05) is 0 Å². The fourth-order valence-corrected chi connectivity index (χ4v) is 1.22. The minimum atomic E-state index is -0.451. The van der Waals surface area contributed by atoms with E-state index in [0.717, 1.165) is 5.39 Å². The topological polar surface area (TPSA) is 50.4 Å². The van der Waals surface area contributed by atoms with E-state index in [0.29, 0.717) is 5.56 Å². The third-order valence-electron chi connectivity index (χ3n) is 1.97. The van der Waals surface area contributed by atoms with Crippen molar-refractivity contribution in [1.82, 2.24) is 0 Å². The number of phenols is 1. The van der Waals surface area contributed by atoms with E-state index in [4.69, 9.17) is 4.42 Å². The standard InChI is InChI=1S/C10H8O3/c1-6-2-3-7-4-5-8(11)13-10(7)9(6)12/h2-5,12H,1H3. The zero-order valence-corrected chi connectivity index (χ0v) is 7.07. The van der Waals surface area contributed by atoms with Gasteiger partial charge in [-0.1, -0.05) is 12.1 Å². The highest BCUT2D eigenvalue weighted by Gasteiger charge is 2.04. The van der Waals surface area contributed by atoms with E-state index in [1.165, 1.54) is 6.07 Å². The van der Waals surface area contributed by atoms with Crippen LogP contribution in [-0.4, -0.2) is 5.11 Å². The SMILES string of the molecule is Cc1ccc2ccc(=O)oc2c1O. The molecule has 0 aliphatic rings. The number of aromatic hydroxyl groups is 1. The van der Waals surface area contributed by atoms with Crippen molar-refractivity contribution in [3.63, 3.8) is 0 Å². The van der Waals surface area contributed by atoms with Crippen LogP contribution in [0.25, 0.3) is 11.0 Å². The fourth-order valence-electron chi connectivity index (χ4n) is 1.22. The van der Waals surface area contributed by atoms with Gasteiger partial charge < -0.3 is 9.52 Å². The van der Waals surface area contributed by atoms with Gasteiger partial charge in [0, 0.05) is 11.5 Å². The molecule has 0 aliphatic carbocycles. The minimum Gasteiger partial charge on any atom is -0.504 e. The normalized spacial score (nSPS) is 10.5. The molecule has 1 aromatic carbocycles. The van der Waals surface area contributed by atoms with Crippen molar-refractivity contribution < 1.29 is 9.52 Å². The maximum atomic E-state index is 10.9. The van der Waals surface area contributed by atoms with Crippen LogP contribution in [-0.2, 0) is 0 Å². The Morgan fingerprint density at radius 1 is 1.23 bits per heavy atom. The van der Waals surface area contributed by atoms with Crippen LogP contribution < -0.4 is 5.63 Å². The van der Waals surface area contributed by atoms with Crippen LogP contribution >= 0.6 is 0 Å². The molecule has 2 aromatic rings. The zero-order valence-electron chi connectivity index (χ0n) is 7.07. The van der Waals surface area contributed by atoms with Crippen molar-refractivity contribution in [1.29, 1.82) is 0 Å². The smallest absolute Gasteiger partial charge is 0.336 e. The average molecular weight is 176 g/mol. The van der Waals surface area contributed by atoms with Gasteiger partial charge in [0.1, 0.15) is 0 Å². The first-order chi connectivity index (χ1) is 6.18. The zero-order chi connectivity index (χ0) is 9.42. The second-order valence-electron chi connectivity index (χ2n) is 2.90. The Balaban J connectivity index is 2.97. The summed E-state index contributed by atoms with van der Waals surface area (Å²) >= 11 is 0. The Morgan fingerprint density at radius 3 is 2.69 bits per heavy atom. The minimum absolute atomic E-state index is 0.0372. The lowest BCUT2D eigenvalue weighted by Crippen LogP contribution is -1.94. The Labute approximate surface area is 74.2 Å². The van der Waals surface area contributed by atoms with Gasteiger partial charge in [-0.05, 0) is 18.6 Å². The molecule has 1 aromatic heterocycles. The van der Waals surface area contributed by atoms with Crippen LogP contribution in [0.2, 0.25) is 0 Å². The van der Waals surface area contributed by atoms with Crippen molar-refractivity contribution in [2.24, 2.45) is 0 Å². The van der Waals surface area contributed by atoms with Crippen molar-refractivity contribution in [3.8, 4) is 5.75 Å². The van der Waals surface area contributed by atoms with E-state index in [2.05, 4.69) is 0 Å². The van der Waals surface area contributed by atoms with Crippen molar-refractivity contribution >= 4 is 11.0 Å². The summed E-state index contributed by atoms with van der Waals surface area (Å²) in [6.07, 6.45) is 0. The predicted molar refractivity (Wildman–Crippen MR) is 48.9 cm³/mol. The number of aryl methyl sites for hydroxylation is 1. The summed E-state index contributed by atoms with van der Waals surface area (Å²) in [5, 5.41) is 10.3. The molecule has 0 amide bonds. The molecule has 13 heavy (non-hydrogen) atoms. The third-order valence-corrected chi connectivity index (χ3v) is 1.97. The van der Waals surface area contributed by atoms with E-state index in [1.54, 1.807) is 25.1 Å². The lowest BCUT2D eigenvalue weighted by Gasteiger charge is -2.00. The summed E-state index contributed by atoms with van der Waals surface area (Å²) in [5.74, 6) is 0.0372. The molecule has 1 N–H and O–H groups in total. The number of benzene rings is 1. The van der Waals surface area contributed by atoms with Gasteiger partial charge in [0.2, 0.25) is 0 Å². The molecule has 0 saturated carbocycles. The maximum absolute atomic E-state index is 10.9. The van der Waals surface area contributed by atoms with Crippen molar-refractivity contribution in [3.05, 3.63) is 40.2 Å². The van der Waals surface area contributed by atoms with Crippen LogP contribution in [0.15, 0.2) is 33.5 Å². The summed E-state index contributed by atoms with van der Waals surface area (Å²) in [4.78, 5) is 10.9. The van der Waals surface area contributed by atoms with Crippen LogP contribution in [0, 0.1) is 6.92 Å². The lowest BCUT2D eigenvalue weighted by molar-refractivity contribution is 0.453. The highest BCUT2D eigenvalue weighted by Crippen LogP contribution is 2.26. The van der Waals surface area contributed by atoms with Crippen LogP contribution in [0.4, 0.5) is 0 Å². The number of hydrogen-bond acceptors (Lipinski definition) is 3. The summed E-state index contributed by atoms with van der Waals surface area (Å²) in [5.41, 5.74) is 0.503. The Morgan fingerprint density at radius 2 is 1.92 bits per heavy atom. The van der Waals surface area contributed by atoms with Gasteiger partial charge in [-0.3, -0.25) is 0 Å². The monoisotopic (exact) mass is 176 g/mol. The van der Waals surface area contributed by atoms with Gasteiger partial charge >= 0.3 is 5.63 Å². The Kier molecular flexibility index (Phi) is 1.59. The molecule has 0 unspecified atom stereocenters. The molecule has 0 bridgehead atoms. The van der Waals surface area contributed by atoms with Crippen LogP contribution in [0.5, 0.6) is 5.75 Å². The fraction of sp³-hybridized carbons (Fsp3) is 0.100. The average Bonchev–Trinajstić information content (AvgIpc) is 2.12. The summed E-state index contributed by atoms with van der Waals surface area (Å²) < 4.78 is 4.87. The Bertz CT molecular complexity index is 511. The molecule has 0 fully saturated rings. The lowest BCUT2D eigenvalue weighted by atomic mass is 10.1. The summed E-state index contributed by atoms with van der Waals surface area (Å²) in [6.45, 7) is 1.75. The first-order valence-corrected chi connectivity index (χ1v) is 3.91. The number of fused-ring (bicyclic) bond motifs is 1. The molecule has 1 heterocycles. The maximum Gasteiger partial charge on any atom is 0.336 e. The number of hydrogen-bond donors (Lipinski definition) is 1. The predicted octanol–water partition coefficient (Wildman–Crippen LogP) is 1.81. The van der Waals surface area contributed by atoms with E-state index in [1.807, 2.05) is 0 Å². The molecule has 0 saturated heterocycles.